The monoisotopic (exact) mass is 282 g/mol. The van der Waals surface area contributed by atoms with Crippen LogP contribution in [0, 0.1) is 0 Å². The van der Waals surface area contributed by atoms with Crippen LogP contribution in [0.2, 0.25) is 0 Å². The van der Waals surface area contributed by atoms with E-state index in [9.17, 15) is 0 Å². The van der Waals surface area contributed by atoms with Gasteiger partial charge in [-0.25, -0.2) is 0 Å². The summed E-state index contributed by atoms with van der Waals surface area (Å²) >= 11 is 3.61. The van der Waals surface area contributed by atoms with Crippen molar-refractivity contribution in [3.63, 3.8) is 0 Å². The van der Waals surface area contributed by atoms with Gasteiger partial charge in [0.25, 0.3) is 0 Å². The van der Waals surface area contributed by atoms with Crippen LogP contribution in [0.25, 0.3) is 0 Å². The van der Waals surface area contributed by atoms with Gasteiger partial charge in [-0.15, -0.1) is 6.58 Å². The molecule has 1 aromatic carbocycles. The van der Waals surface area contributed by atoms with Gasteiger partial charge in [-0.05, 0) is 47.6 Å². The number of hydrogen-bond donors (Lipinski definition) is 1. The van der Waals surface area contributed by atoms with E-state index in [1.54, 1.807) is 0 Å². The van der Waals surface area contributed by atoms with Gasteiger partial charge >= 0.3 is 0 Å². The van der Waals surface area contributed by atoms with E-state index in [2.05, 4.69) is 64.9 Å². The van der Waals surface area contributed by atoms with Gasteiger partial charge in [-0.3, -0.25) is 0 Å². The maximum Gasteiger partial charge on any atom is 0.0511 e. The van der Waals surface area contributed by atoms with E-state index in [0.29, 0.717) is 6.04 Å². The zero-order valence-corrected chi connectivity index (χ0v) is 11.7. The molecule has 0 amide bonds. The molecule has 0 bridgehead atoms. The quantitative estimate of drug-likeness (QED) is 0.834. The number of rotatable bonds is 5. The number of hydrogen-bond acceptors (Lipinski definition) is 2. The Morgan fingerprint density at radius 3 is 2.75 bits per heavy atom. The molecule has 0 saturated heterocycles. The first-order chi connectivity index (χ1) is 7.60. The van der Waals surface area contributed by atoms with Gasteiger partial charge in [0.15, 0.2) is 0 Å². The highest BCUT2D eigenvalue weighted by Crippen LogP contribution is 2.28. The smallest absolute Gasteiger partial charge is 0.0511 e. The maximum atomic E-state index is 3.75. The number of nitrogens with one attached hydrogen (secondary N) is 1. The Labute approximate surface area is 106 Å². The molecule has 0 aliphatic heterocycles. The minimum Gasteiger partial charge on any atom is -0.370 e. The fourth-order valence-electron chi connectivity index (χ4n) is 1.56. The topological polar surface area (TPSA) is 15.3 Å². The molecule has 88 valence electrons. The highest BCUT2D eigenvalue weighted by molar-refractivity contribution is 9.10. The molecule has 0 fully saturated rings. The van der Waals surface area contributed by atoms with Crippen LogP contribution in [-0.2, 0) is 0 Å². The number of benzene rings is 1. The first-order valence-corrected chi connectivity index (χ1v) is 6.18. The second kappa shape index (κ2) is 6.06. The summed E-state index contributed by atoms with van der Waals surface area (Å²) < 4.78 is 1.12. The molecule has 0 spiro atoms. The average Bonchev–Trinajstić information content (AvgIpc) is 2.28. The molecule has 0 aliphatic carbocycles. The molecule has 16 heavy (non-hydrogen) atoms. The normalized spacial score (nSPS) is 12.2. The third-order valence-electron chi connectivity index (χ3n) is 2.72. The fourth-order valence-corrected chi connectivity index (χ4v) is 2.26. The summed E-state index contributed by atoms with van der Waals surface area (Å²) in [4.78, 5) is 2.16. The Bertz CT molecular complexity index is 363. The van der Waals surface area contributed by atoms with Gasteiger partial charge in [0.2, 0.25) is 0 Å². The van der Waals surface area contributed by atoms with Crippen LogP contribution in [0.5, 0.6) is 0 Å². The molecule has 0 radical (unpaired) electrons. The van der Waals surface area contributed by atoms with Gasteiger partial charge in [0.05, 0.1) is 5.69 Å². The molecule has 0 saturated carbocycles. The van der Waals surface area contributed by atoms with Crippen LogP contribution in [0.1, 0.15) is 18.5 Å². The van der Waals surface area contributed by atoms with E-state index in [-0.39, 0.29) is 0 Å². The largest absolute Gasteiger partial charge is 0.370 e. The van der Waals surface area contributed by atoms with E-state index in [4.69, 9.17) is 0 Å². The second-order valence-electron chi connectivity index (χ2n) is 3.89. The molecule has 3 heteroatoms. The minimum absolute atomic E-state index is 0.370. The second-order valence-corrected chi connectivity index (χ2v) is 4.74. The number of halogens is 1. The van der Waals surface area contributed by atoms with Gasteiger partial charge in [0, 0.05) is 24.1 Å². The van der Waals surface area contributed by atoms with Gasteiger partial charge in [-0.1, -0.05) is 12.1 Å². The van der Waals surface area contributed by atoms with E-state index in [1.807, 2.05) is 13.1 Å². The molecule has 1 N–H and O–H groups in total. The standard InChI is InChI=1S/C13H19BrN2/c1-5-8-16(4)13-7-6-11(9-12(13)14)10(2)15-3/h5-7,9-10,15H,1,8H2,2-4H3. The zero-order valence-electron chi connectivity index (χ0n) is 10.1. The molecule has 0 aromatic heterocycles. The molecular formula is C13H19BrN2. The lowest BCUT2D eigenvalue weighted by Crippen LogP contribution is -2.18. The first-order valence-electron chi connectivity index (χ1n) is 5.39. The third-order valence-corrected chi connectivity index (χ3v) is 3.35. The zero-order chi connectivity index (χ0) is 12.1. The lowest BCUT2D eigenvalue weighted by Gasteiger charge is -2.20. The molecule has 0 heterocycles. The Morgan fingerprint density at radius 1 is 1.56 bits per heavy atom. The summed E-state index contributed by atoms with van der Waals surface area (Å²) in [6.07, 6.45) is 1.90. The molecular weight excluding hydrogens is 264 g/mol. The Balaban J connectivity index is 2.95. The van der Waals surface area contributed by atoms with Crippen molar-refractivity contribution in [3.05, 3.63) is 40.9 Å². The van der Waals surface area contributed by atoms with E-state index < -0.39 is 0 Å². The fraction of sp³-hybridized carbons (Fsp3) is 0.385. The Kier molecular flexibility index (Phi) is 5.03. The summed E-state index contributed by atoms with van der Waals surface area (Å²) in [5.41, 5.74) is 2.47. The predicted octanol–water partition coefficient (Wildman–Crippen LogP) is 3.35. The highest BCUT2D eigenvalue weighted by Gasteiger charge is 2.08. The van der Waals surface area contributed by atoms with Crippen LogP contribution in [0.3, 0.4) is 0 Å². The Hall–Kier alpha value is -0.800. The van der Waals surface area contributed by atoms with Gasteiger partial charge < -0.3 is 10.2 Å². The van der Waals surface area contributed by atoms with Crippen molar-refractivity contribution in [2.45, 2.75) is 13.0 Å². The number of anilines is 1. The summed E-state index contributed by atoms with van der Waals surface area (Å²) in [7, 11) is 4.03. The van der Waals surface area contributed by atoms with Crippen LogP contribution in [0.4, 0.5) is 5.69 Å². The van der Waals surface area contributed by atoms with Crippen molar-refractivity contribution in [2.75, 3.05) is 25.5 Å². The van der Waals surface area contributed by atoms with Crippen molar-refractivity contribution in [1.29, 1.82) is 0 Å². The third kappa shape index (κ3) is 3.09. The van der Waals surface area contributed by atoms with Crippen molar-refractivity contribution in [2.24, 2.45) is 0 Å². The predicted molar refractivity (Wildman–Crippen MR) is 75.1 cm³/mol. The lowest BCUT2D eigenvalue weighted by atomic mass is 10.1. The van der Waals surface area contributed by atoms with E-state index in [1.165, 1.54) is 11.3 Å². The molecule has 1 unspecified atom stereocenters. The van der Waals surface area contributed by atoms with Crippen LogP contribution < -0.4 is 10.2 Å². The SMILES string of the molecule is C=CCN(C)c1ccc(C(C)NC)cc1Br. The van der Waals surface area contributed by atoms with Crippen LogP contribution in [-0.4, -0.2) is 20.6 Å². The van der Waals surface area contributed by atoms with E-state index >= 15 is 0 Å². The summed E-state index contributed by atoms with van der Waals surface area (Å²) in [5.74, 6) is 0. The summed E-state index contributed by atoms with van der Waals surface area (Å²) in [5, 5.41) is 3.23. The maximum absolute atomic E-state index is 3.75. The summed E-state index contributed by atoms with van der Waals surface area (Å²) in [6.45, 7) is 6.74. The highest BCUT2D eigenvalue weighted by atomic mass is 79.9. The van der Waals surface area contributed by atoms with Gasteiger partial charge in [0.1, 0.15) is 0 Å². The molecule has 2 nitrogen and oxygen atoms in total. The van der Waals surface area contributed by atoms with Crippen LogP contribution in [0.15, 0.2) is 35.3 Å². The average molecular weight is 283 g/mol. The molecule has 1 aromatic rings. The molecule has 1 atom stereocenters. The lowest BCUT2D eigenvalue weighted by molar-refractivity contribution is 0.652. The molecule has 0 aliphatic rings. The van der Waals surface area contributed by atoms with Gasteiger partial charge in [-0.2, -0.15) is 0 Å². The van der Waals surface area contributed by atoms with E-state index in [0.717, 1.165) is 11.0 Å². The first kappa shape index (κ1) is 13.3. The summed E-state index contributed by atoms with van der Waals surface area (Å²) in [6, 6.07) is 6.82. The van der Waals surface area contributed by atoms with Crippen LogP contribution >= 0.6 is 15.9 Å². The number of nitrogens with zero attached hydrogens (tertiary/aromatic N) is 1. The van der Waals surface area contributed by atoms with Crippen molar-refractivity contribution < 1.29 is 0 Å². The Morgan fingerprint density at radius 2 is 2.25 bits per heavy atom. The molecule has 1 rings (SSSR count). The van der Waals surface area contributed by atoms with Crippen molar-refractivity contribution >= 4 is 21.6 Å². The van der Waals surface area contributed by atoms with Crippen molar-refractivity contribution in [1.82, 2.24) is 5.32 Å². The van der Waals surface area contributed by atoms with Crippen molar-refractivity contribution in [3.8, 4) is 0 Å². The number of likely N-dealkylation sites (N-methyl/N-ethyl adjacent to an activating group) is 1. The minimum atomic E-state index is 0.370.